The van der Waals surface area contributed by atoms with Crippen molar-refractivity contribution in [2.75, 3.05) is 7.05 Å². The number of aryl methyl sites for hydroxylation is 1. The summed E-state index contributed by atoms with van der Waals surface area (Å²) in [4.78, 5) is 32.1. The first kappa shape index (κ1) is 24.8. The number of unbranched alkanes of at least 4 members (excludes halogenated alkanes) is 2. The lowest BCUT2D eigenvalue weighted by atomic mass is 10.1. The Hall–Kier alpha value is -4.28. The van der Waals surface area contributed by atoms with E-state index in [1.165, 1.54) is 10.9 Å². The molecule has 3 aromatic heterocycles. The summed E-state index contributed by atoms with van der Waals surface area (Å²) in [5.74, 6) is 0.558. The molecule has 3 N–H and O–H groups in total. The van der Waals surface area contributed by atoms with Crippen LogP contribution >= 0.6 is 0 Å². The number of imidazole rings is 1. The van der Waals surface area contributed by atoms with Crippen molar-refractivity contribution >= 4 is 11.8 Å². The average Bonchev–Trinajstić information content (AvgIpc) is 3.65. The maximum absolute atomic E-state index is 12.7. The largest absolute Gasteiger partial charge is 0.359 e. The minimum absolute atomic E-state index is 0.0393. The van der Waals surface area contributed by atoms with Gasteiger partial charge in [-0.25, -0.2) is 9.67 Å². The highest BCUT2D eigenvalue weighted by Gasteiger charge is 2.19. The third-order valence-electron chi connectivity index (χ3n) is 5.92. The van der Waals surface area contributed by atoms with Gasteiger partial charge in [0.25, 0.3) is 0 Å². The molecule has 3 heterocycles. The topological polar surface area (TPSA) is 135 Å². The molecule has 4 rings (SSSR count). The van der Waals surface area contributed by atoms with Gasteiger partial charge in [0.1, 0.15) is 12.4 Å². The van der Waals surface area contributed by atoms with Gasteiger partial charge in [0, 0.05) is 38.5 Å². The molecule has 0 saturated carbocycles. The molecule has 0 radical (unpaired) electrons. The minimum atomic E-state index is -0.289. The highest BCUT2D eigenvalue weighted by molar-refractivity contribution is 5.76. The van der Waals surface area contributed by atoms with E-state index in [-0.39, 0.29) is 24.4 Å². The molecular weight excluding hydrogens is 458 g/mol. The van der Waals surface area contributed by atoms with E-state index in [4.69, 9.17) is 0 Å². The summed E-state index contributed by atoms with van der Waals surface area (Å²) in [7, 11) is 3.54. The van der Waals surface area contributed by atoms with Gasteiger partial charge in [0.05, 0.1) is 29.8 Å². The maximum atomic E-state index is 12.7. The fraction of sp³-hybridized carbons (Fsp3) is 0.360. The van der Waals surface area contributed by atoms with Gasteiger partial charge in [-0.3, -0.25) is 14.3 Å². The minimum Gasteiger partial charge on any atom is -0.359 e. The van der Waals surface area contributed by atoms with Crippen LogP contribution in [0.4, 0.5) is 0 Å². The number of nitrogens with one attached hydrogen (secondary N) is 3. The molecule has 188 valence electrons. The number of rotatable bonds is 12. The van der Waals surface area contributed by atoms with E-state index in [1.807, 2.05) is 43.6 Å². The number of aromatic amines is 1. The predicted octanol–water partition coefficient (Wildman–Crippen LogP) is 2.62. The fourth-order valence-electron chi connectivity index (χ4n) is 3.97. The summed E-state index contributed by atoms with van der Waals surface area (Å²) in [5.41, 5.74) is 3.81. The van der Waals surface area contributed by atoms with E-state index in [9.17, 15) is 9.59 Å². The molecule has 0 aliphatic rings. The van der Waals surface area contributed by atoms with E-state index in [1.54, 1.807) is 24.1 Å². The van der Waals surface area contributed by atoms with E-state index in [0.29, 0.717) is 18.7 Å². The van der Waals surface area contributed by atoms with Gasteiger partial charge in [0.2, 0.25) is 11.8 Å². The van der Waals surface area contributed by atoms with E-state index in [2.05, 4.69) is 36.0 Å². The summed E-state index contributed by atoms with van der Waals surface area (Å²) >= 11 is 0. The van der Waals surface area contributed by atoms with E-state index >= 15 is 0 Å². The highest BCUT2D eigenvalue weighted by Crippen LogP contribution is 2.25. The molecule has 11 nitrogen and oxygen atoms in total. The number of nitrogens with zero attached hydrogens (tertiary/aromatic N) is 6. The van der Waals surface area contributed by atoms with Crippen LogP contribution in [-0.4, -0.2) is 53.6 Å². The summed E-state index contributed by atoms with van der Waals surface area (Å²) in [6, 6.07) is 9.80. The zero-order valence-electron chi connectivity index (χ0n) is 20.5. The fourth-order valence-corrected chi connectivity index (χ4v) is 3.97. The normalized spacial score (nSPS) is 11.8. The van der Waals surface area contributed by atoms with E-state index < -0.39 is 0 Å². The van der Waals surface area contributed by atoms with Crippen molar-refractivity contribution in [3.8, 4) is 22.5 Å². The summed E-state index contributed by atoms with van der Waals surface area (Å²) in [6.07, 6.45) is 10.6. The molecule has 0 bridgehead atoms. The first-order valence-corrected chi connectivity index (χ1v) is 12.0. The number of benzene rings is 1. The molecule has 1 aromatic carbocycles. The van der Waals surface area contributed by atoms with Crippen LogP contribution in [0.25, 0.3) is 22.5 Å². The zero-order valence-corrected chi connectivity index (χ0v) is 20.5. The first-order valence-electron chi connectivity index (χ1n) is 12.0. The Morgan fingerprint density at radius 1 is 1.03 bits per heavy atom. The Balaban J connectivity index is 1.43. The zero-order chi connectivity index (χ0) is 25.3. The number of hydrogen-bond donors (Lipinski definition) is 3. The molecule has 1 unspecified atom stereocenters. The number of carbonyl (C=O) groups is 2. The van der Waals surface area contributed by atoms with Crippen LogP contribution < -0.4 is 10.6 Å². The Bertz CT molecular complexity index is 1260. The van der Waals surface area contributed by atoms with Gasteiger partial charge >= 0.3 is 0 Å². The van der Waals surface area contributed by atoms with Crippen LogP contribution in [0.1, 0.15) is 44.0 Å². The molecule has 2 amide bonds. The number of hydrogen-bond acceptors (Lipinski definition) is 6. The van der Waals surface area contributed by atoms with E-state index in [0.717, 1.165) is 41.8 Å². The van der Waals surface area contributed by atoms with Crippen molar-refractivity contribution in [3.05, 3.63) is 60.9 Å². The molecule has 0 spiro atoms. The van der Waals surface area contributed by atoms with Crippen LogP contribution in [0.5, 0.6) is 0 Å². The third kappa shape index (κ3) is 6.65. The van der Waals surface area contributed by atoms with Crippen LogP contribution in [0.2, 0.25) is 0 Å². The number of carbonyl (C=O) groups excluding carboxylic acids is 2. The molecule has 36 heavy (non-hydrogen) atoms. The SMILES string of the molecule is CNC(=O)CCCCCC(NC(=O)Cn1ccnn1)c1ncc(-c2ccc(-c3ccn(C)n3)cc2)[nH]1. The van der Waals surface area contributed by atoms with Crippen LogP contribution in [0.15, 0.2) is 55.1 Å². The summed E-state index contributed by atoms with van der Waals surface area (Å²) in [5, 5.41) is 17.8. The van der Waals surface area contributed by atoms with Crippen LogP contribution in [-0.2, 0) is 23.2 Å². The van der Waals surface area contributed by atoms with Crippen molar-refractivity contribution in [1.29, 1.82) is 0 Å². The number of aromatic nitrogens is 7. The molecule has 0 fully saturated rings. The van der Waals surface area contributed by atoms with Gasteiger partial charge in [-0.1, -0.05) is 42.3 Å². The second-order valence-corrected chi connectivity index (χ2v) is 8.63. The Morgan fingerprint density at radius 3 is 2.53 bits per heavy atom. The van der Waals surface area contributed by atoms with Gasteiger partial charge in [-0.2, -0.15) is 5.10 Å². The lowest BCUT2D eigenvalue weighted by Gasteiger charge is -2.17. The van der Waals surface area contributed by atoms with Gasteiger partial charge < -0.3 is 15.6 Å². The molecule has 0 aliphatic heterocycles. The van der Waals surface area contributed by atoms with Crippen molar-refractivity contribution in [2.45, 2.75) is 44.7 Å². The third-order valence-corrected chi connectivity index (χ3v) is 5.92. The average molecular weight is 490 g/mol. The Labute approximate surface area is 209 Å². The summed E-state index contributed by atoms with van der Waals surface area (Å²) < 4.78 is 3.26. The van der Waals surface area contributed by atoms with Gasteiger partial charge in [-0.15, -0.1) is 5.10 Å². The second kappa shape index (κ2) is 11.9. The van der Waals surface area contributed by atoms with Crippen LogP contribution in [0.3, 0.4) is 0 Å². The molecule has 11 heteroatoms. The smallest absolute Gasteiger partial charge is 0.242 e. The molecular formula is C25H31N9O2. The monoisotopic (exact) mass is 489 g/mol. The predicted molar refractivity (Wildman–Crippen MR) is 134 cm³/mol. The van der Waals surface area contributed by atoms with Crippen molar-refractivity contribution in [2.24, 2.45) is 7.05 Å². The summed E-state index contributed by atoms with van der Waals surface area (Å²) in [6.45, 7) is 0.0791. The van der Waals surface area contributed by atoms with Gasteiger partial charge in [0.15, 0.2) is 0 Å². The number of H-pyrrole nitrogens is 1. The quantitative estimate of drug-likeness (QED) is 0.262. The maximum Gasteiger partial charge on any atom is 0.242 e. The van der Waals surface area contributed by atoms with Crippen molar-refractivity contribution < 1.29 is 9.59 Å². The Kier molecular flexibility index (Phi) is 8.22. The molecule has 4 aromatic rings. The Morgan fingerprint density at radius 2 is 1.83 bits per heavy atom. The van der Waals surface area contributed by atoms with Crippen molar-refractivity contribution in [3.63, 3.8) is 0 Å². The molecule has 1 atom stereocenters. The van der Waals surface area contributed by atoms with Crippen LogP contribution in [0, 0.1) is 0 Å². The standard InChI is InChI=1S/C25H31N9O2/c1-26-23(35)7-5-3-4-6-21(29-24(36)17-34-15-13-28-32-34)25-27-16-22(30-25)19-10-8-18(9-11-19)20-12-14-33(2)31-20/h8-16,21H,3-7,17H2,1-2H3,(H,26,35)(H,27,30)(H,29,36). The second-order valence-electron chi connectivity index (χ2n) is 8.63. The molecule has 0 aliphatic carbocycles. The lowest BCUT2D eigenvalue weighted by molar-refractivity contribution is -0.123. The highest BCUT2D eigenvalue weighted by atomic mass is 16.2. The lowest BCUT2D eigenvalue weighted by Crippen LogP contribution is -2.32. The molecule has 0 saturated heterocycles. The van der Waals surface area contributed by atoms with Gasteiger partial charge in [-0.05, 0) is 24.5 Å². The number of amides is 2. The first-order chi connectivity index (χ1) is 17.5. The van der Waals surface area contributed by atoms with Crippen molar-refractivity contribution in [1.82, 2.24) is 45.4 Å².